The largest absolute Gasteiger partial charge is 0.339 e. The third-order valence-electron chi connectivity index (χ3n) is 4.51. The summed E-state index contributed by atoms with van der Waals surface area (Å²) in [5.74, 6) is 0.0782. The average molecular weight is 345 g/mol. The van der Waals surface area contributed by atoms with Gasteiger partial charge in [-0.2, -0.15) is 0 Å². The molecule has 0 unspecified atom stereocenters. The first-order chi connectivity index (χ1) is 12.1. The minimum atomic E-state index is 0.0135. The van der Waals surface area contributed by atoms with Crippen molar-refractivity contribution in [3.8, 4) is 0 Å². The van der Waals surface area contributed by atoms with Crippen molar-refractivity contribution in [1.82, 2.24) is 9.80 Å². The molecule has 1 heterocycles. The molecule has 1 fully saturated rings. The van der Waals surface area contributed by atoms with Gasteiger partial charge in [-0.25, -0.2) is 0 Å². The highest BCUT2D eigenvalue weighted by Crippen LogP contribution is 2.13. The van der Waals surface area contributed by atoms with Gasteiger partial charge in [0, 0.05) is 24.3 Å². The Morgan fingerprint density at radius 2 is 1.60 bits per heavy atom. The molecule has 1 aromatic rings. The summed E-state index contributed by atoms with van der Waals surface area (Å²) in [4.78, 5) is 28.8. The molecule has 2 amide bonds. The molecule has 1 aromatic carbocycles. The number of benzene rings is 1. The number of rotatable bonds is 8. The summed E-state index contributed by atoms with van der Waals surface area (Å²) in [7, 11) is 0. The molecule has 1 aliphatic heterocycles. The summed E-state index contributed by atoms with van der Waals surface area (Å²) in [6.45, 7) is 8.17. The van der Waals surface area contributed by atoms with Crippen LogP contribution in [0.15, 0.2) is 24.3 Å². The molecule has 2 rings (SSSR count). The molecule has 0 radical (unpaired) electrons. The summed E-state index contributed by atoms with van der Waals surface area (Å²) in [5, 5.41) is 2.93. The van der Waals surface area contributed by atoms with Crippen molar-refractivity contribution in [2.24, 2.45) is 0 Å². The molecule has 0 spiro atoms. The second kappa shape index (κ2) is 10.2. The van der Waals surface area contributed by atoms with Gasteiger partial charge in [-0.3, -0.25) is 14.5 Å². The molecule has 138 valence electrons. The lowest BCUT2D eigenvalue weighted by Gasteiger charge is -2.25. The first-order valence-corrected chi connectivity index (χ1v) is 9.55. The summed E-state index contributed by atoms with van der Waals surface area (Å²) in [6, 6.07) is 7.24. The van der Waals surface area contributed by atoms with Crippen LogP contribution in [0.5, 0.6) is 0 Å². The minimum Gasteiger partial charge on any atom is -0.339 e. The Morgan fingerprint density at radius 3 is 2.16 bits per heavy atom. The molecule has 0 bridgehead atoms. The lowest BCUT2D eigenvalue weighted by atomic mass is 10.1. The third-order valence-corrected chi connectivity index (χ3v) is 4.51. The quantitative estimate of drug-likeness (QED) is 0.786. The van der Waals surface area contributed by atoms with E-state index in [4.69, 9.17) is 0 Å². The maximum Gasteiger partial charge on any atom is 0.253 e. The van der Waals surface area contributed by atoms with Crippen LogP contribution in [0.25, 0.3) is 0 Å². The van der Waals surface area contributed by atoms with E-state index in [9.17, 15) is 9.59 Å². The van der Waals surface area contributed by atoms with Crippen molar-refractivity contribution >= 4 is 17.5 Å². The molecule has 0 atom stereocenters. The first kappa shape index (κ1) is 19.4. The number of likely N-dealkylation sites (tertiary alicyclic amines) is 1. The summed E-state index contributed by atoms with van der Waals surface area (Å²) < 4.78 is 0. The van der Waals surface area contributed by atoms with Gasteiger partial charge in [0.2, 0.25) is 5.91 Å². The summed E-state index contributed by atoms with van der Waals surface area (Å²) >= 11 is 0. The molecule has 25 heavy (non-hydrogen) atoms. The number of nitrogens with one attached hydrogen (secondary N) is 1. The van der Waals surface area contributed by atoms with E-state index in [0.29, 0.717) is 12.1 Å². The van der Waals surface area contributed by atoms with Crippen LogP contribution < -0.4 is 5.32 Å². The number of carbonyl (C=O) groups is 2. The van der Waals surface area contributed by atoms with Crippen LogP contribution >= 0.6 is 0 Å². The standard InChI is InChI=1S/C20H31N3O2/c1-3-12-23(13-4-2)20(25)17-8-10-18(11-9-17)21-19(24)16-22-14-6-5-7-15-22/h8-11H,3-7,12-16H2,1-2H3,(H,21,24). The number of hydrogen-bond donors (Lipinski definition) is 1. The van der Waals surface area contributed by atoms with Crippen LogP contribution in [0.3, 0.4) is 0 Å². The zero-order valence-corrected chi connectivity index (χ0v) is 15.6. The summed E-state index contributed by atoms with van der Waals surface area (Å²) in [6.07, 6.45) is 5.53. The van der Waals surface area contributed by atoms with E-state index in [1.807, 2.05) is 17.0 Å². The maximum absolute atomic E-state index is 12.6. The van der Waals surface area contributed by atoms with Gasteiger partial charge in [0.15, 0.2) is 0 Å². The number of nitrogens with zero attached hydrogens (tertiary/aromatic N) is 2. The fourth-order valence-electron chi connectivity index (χ4n) is 3.25. The van der Waals surface area contributed by atoms with Crippen LogP contribution in [0.2, 0.25) is 0 Å². The van der Waals surface area contributed by atoms with Crippen LogP contribution in [0.4, 0.5) is 5.69 Å². The Morgan fingerprint density at radius 1 is 1.00 bits per heavy atom. The SMILES string of the molecule is CCCN(CCC)C(=O)c1ccc(NC(=O)CN2CCCCC2)cc1. The Kier molecular flexibility index (Phi) is 7.92. The van der Waals surface area contributed by atoms with Gasteiger partial charge in [-0.05, 0) is 63.0 Å². The van der Waals surface area contributed by atoms with Crippen LogP contribution in [0, 0.1) is 0 Å². The van der Waals surface area contributed by atoms with E-state index in [1.165, 1.54) is 19.3 Å². The zero-order chi connectivity index (χ0) is 18.1. The highest BCUT2D eigenvalue weighted by Gasteiger charge is 2.16. The smallest absolute Gasteiger partial charge is 0.253 e. The Hall–Kier alpha value is -1.88. The molecular formula is C20H31N3O2. The average Bonchev–Trinajstić information content (AvgIpc) is 2.62. The van der Waals surface area contributed by atoms with Crippen molar-refractivity contribution < 1.29 is 9.59 Å². The predicted octanol–water partition coefficient (Wildman–Crippen LogP) is 3.37. The number of piperidine rings is 1. The highest BCUT2D eigenvalue weighted by atomic mass is 16.2. The highest BCUT2D eigenvalue weighted by molar-refractivity contribution is 5.96. The Balaban J connectivity index is 1.89. The topological polar surface area (TPSA) is 52.7 Å². The lowest BCUT2D eigenvalue weighted by Crippen LogP contribution is -2.36. The molecule has 1 saturated heterocycles. The Labute approximate surface area is 151 Å². The molecule has 5 nitrogen and oxygen atoms in total. The molecule has 0 aromatic heterocycles. The molecular weight excluding hydrogens is 314 g/mol. The molecule has 1 N–H and O–H groups in total. The normalized spacial score (nSPS) is 15.0. The fraction of sp³-hybridized carbons (Fsp3) is 0.600. The summed E-state index contributed by atoms with van der Waals surface area (Å²) in [5.41, 5.74) is 1.42. The van der Waals surface area contributed by atoms with Crippen molar-refractivity contribution in [2.45, 2.75) is 46.0 Å². The van der Waals surface area contributed by atoms with Crippen LogP contribution in [0.1, 0.15) is 56.3 Å². The number of hydrogen-bond acceptors (Lipinski definition) is 3. The van der Waals surface area contributed by atoms with Gasteiger partial charge in [0.1, 0.15) is 0 Å². The molecule has 0 saturated carbocycles. The van der Waals surface area contributed by atoms with E-state index < -0.39 is 0 Å². The zero-order valence-electron chi connectivity index (χ0n) is 15.6. The Bertz CT molecular complexity index is 545. The van der Waals surface area contributed by atoms with E-state index in [2.05, 4.69) is 24.1 Å². The van der Waals surface area contributed by atoms with Crippen molar-refractivity contribution in [2.75, 3.05) is 38.0 Å². The first-order valence-electron chi connectivity index (χ1n) is 9.55. The van der Waals surface area contributed by atoms with E-state index in [-0.39, 0.29) is 11.8 Å². The van der Waals surface area contributed by atoms with E-state index in [1.54, 1.807) is 12.1 Å². The fourth-order valence-corrected chi connectivity index (χ4v) is 3.25. The van der Waals surface area contributed by atoms with Crippen molar-refractivity contribution in [1.29, 1.82) is 0 Å². The van der Waals surface area contributed by atoms with Gasteiger partial charge >= 0.3 is 0 Å². The number of amides is 2. The molecule has 1 aliphatic rings. The van der Waals surface area contributed by atoms with Crippen LogP contribution in [-0.4, -0.2) is 54.3 Å². The lowest BCUT2D eigenvalue weighted by molar-refractivity contribution is -0.117. The van der Waals surface area contributed by atoms with Gasteiger partial charge in [-0.15, -0.1) is 0 Å². The molecule has 0 aliphatic carbocycles. The third kappa shape index (κ3) is 6.16. The van der Waals surface area contributed by atoms with Gasteiger partial charge < -0.3 is 10.2 Å². The van der Waals surface area contributed by atoms with Gasteiger partial charge in [0.25, 0.3) is 5.91 Å². The number of carbonyl (C=O) groups excluding carboxylic acids is 2. The van der Waals surface area contributed by atoms with Crippen molar-refractivity contribution in [3.05, 3.63) is 29.8 Å². The van der Waals surface area contributed by atoms with E-state index in [0.717, 1.165) is 44.7 Å². The second-order valence-electron chi connectivity index (χ2n) is 6.75. The maximum atomic E-state index is 12.6. The van der Waals surface area contributed by atoms with Crippen LogP contribution in [-0.2, 0) is 4.79 Å². The minimum absolute atomic E-state index is 0.0135. The second-order valence-corrected chi connectivity index (χ2v) is 6.75. The van der Waals surface area contributed by atoms with E-state index >= 15 is 0 Å². The predicted molar refractivity (Wildman–Crippen MR) is 102 cm³/mol. The van der Waals surface area contributed by atoms with Gasteiger partial charge in [0.05, 0.1) is 6.54 Å². The number of anilines is 1. The van der Waals surface area contributed by atoms with Crippen molar-refractivity contribution in [3.63, 3.8) is 0 Å². The monoisotopic (exact) mass is 345 g/mol. The molecule has 5 heteroatoms. The van der Waals surface area contributed by atoms with Gasteiger partial charge in [-0.1, -0.05) is 20.3 Å².